The third kappa shape index (κ3) is 21.6. The normalized spacial score (nSPS) is 8.87. The van der Waals surface area contributed by atoms with Gasteiger partial charge in [0.1, 0.15) is 0 Å². The predicted molar refractivity (Wildman–Crippen MR) is 94.4 cm³/mol. The molecule has 23 heavy (non-hydrogen) atoms. The van der Waals surface area contributed by atoms with Crippen LogP contribution < -0.4 is 10.9 Å². The largest absolute Gasteiger partial charge is 1.00 e. The van der Waals surface area contributed by atoms with Crippen molar-refractivity contribution in [2.24, 2.45) is 0 Å². The zero-order valence-electron chi connectivity index (χ0n) is 15.7. The van der Waals surface area contributed by atoms with Gasteiger partial charge < -0.3 is 15.3 Å². The van der Waals surface area contributed by atoms with Gasteiger partial charge in [0.2, 0.25) is 0 Å². The Morgan fingerprint density at radius 2 is 0.652 bits per heavy atom. The van der Waals surface area contributed by atoms with Gasteiger partial charge in [-0.3, -0.25) is 18.8 Å². The Hall–Kier alpha value is -0.430. The summed E-state index contributed by atoms with van der Waals surface area (Å²) in [5.41, 5.74) is 0. The van der Waals surface area contributed by atoms with Crippen LogP contribution in [0.25, 0.3) is 0 Å². The van der Waals surface area contributed by atoms with Crippen molar-refractivity contribution < 1.29 is 28.0 Å². The minimum absolute atomic E-state index is 0. The first-order valence-electron chi connectivity index (χ1n) is 8.09. The highest BCUT2D eigenvalue weighted by Crippen LogP contribution is 2.16. The molecule has 152 valence electrons. The Bertz CT molecular complexity index is 137. The van der Waals surface area contributed by atoms with E-state index in [9.17, 15) is 0 Å². The van der Waals surface area contributed by atoms with Crippen molar-refractivity contribution in [2.45, 2.75) is 79.1 Å². The summed E-state index contributed by atoms with van der Waals surface area (Å²) in [6.07, 6.45) is 11.1. The van der Waals surface area contributed by atoms with Gasteiger partial charge in [-0.1, -0.05) is 53.4 Å². The fourth-order valence-corrected chi connectivity index (χ4v) is 2.64. The van der Waals surface area contributed by atoms with Crippen LogP contribution in [0.4, 0.5) is 18.8 Å². The maximum Gasteiger partial charge on any atom is 0.0786 e. The van der Waals surface area contributed by atoms with Crippen molar-refractivity contribution in [2.75, 3.05) is 26.2 Å². The highest BCUT2D eigenvalue weighted by molar-refractivity contribution is 4.49. The Kier molecular flexibility index (Phi) is 55.7. The van der Waals surface area contributed by atoms with Gasteiger partial charge in [0.15, 0.2) is 0 Å². The van der Waals surface area contributed by atoms with Gasteiger partial charge >= 0.3 is 0 Å². The van der Waals surface area contributed by atoms with E-state index in [1.165, 1.54) is 82.0 Å². The molecule has 0 aromatic carbocycles. The molecule has 0 saturated heterocycles. The van der Waals surface area contributed by atoms with Crippen LogP contribution in [0.3, 0.4) is 0 Å². The molecule has 0 aliphatic heterocycles. The number of halogens is 5. The SMILES string of the molecule is CCCC[N+](CCCC)(CCCC)CCCC.F.F.F.F.N.[F-]. The molecule has 0 heterocycles. The maximum absolute atomic E-state index is 2.33. The lowest BCUT2D eigenvalue weighted by Crippen LogP contribution is -3.00. The summed E-state index contributed by atoms with van der Waals surface area (Å²) in [6.45, 7) is 15.0. The lowest BCUT2D eigenvalue weighted by molar-refractivity contribution is -0.929. The molecule has 3 N–H and O–H groups in total. The van der Waals surface area contributed by atoms with Gasteiger partial charge in [0.05, 0.1) is 26.2 Å². The molecule has 0 spiro atoms. The first kappa shape index (κ1) is 43.3. The highest BCUT2D eigenvalue weighted by Gasteiger charge is 2.24. The third-order valence-corrected chi connectivity index (χ3v) is 3.94. The molecule has 0 unspecified atom stereocenters. The number of nitrogens with zero attached hydrogens (tertiary/aromatic N) is 1. The van der Waals surface area contributed by atoms with Crippen molar-refractivity contribution in [1.29, 1.82) is 0 Å². The zero-order chi connectivity index (χ0) is 13.0. The monoisotopic (exact) mass is 358 g/mol. The molecule has 0 aromatic rings. The summed E-state index contributed by atoms with van der Waals surface area (Å²) in [5.74, 6) is 0. The smallest absolute Gasteiger partial charge is 0.0786 e. The molecule has 0 radical (unpaired) electrons. The standard InChI is InChI=1S/C16H36N.5FH.H3N/c1-5-9-13-17(14-10-6-2,15-11-7-3)16-12-8-4;;;;;;/h5-16H2,1-4H3;5*1H;1H3/q+1;;;;;;/p-1. The number of rotatable bonds is 12. The van der Waals surface area contributed by atoms with Gasteiger partial charge in [0.25, 0.3) is 0 Å². The van der Waals surface area contributed by atoms with E-state index in [2.05, 4.69) is 27.7 Å². The molecule has 0 aromatic heterocycles. The van der Waals surface area contributed by atoms with E-state index < -0.39 is 0 Å². The van der Waals surface area contributed by atoms with Crippen LogP contribution in [-0.2, 0) is 0 Å². The molecule has 0 bridgehead atoms. The van der Waals surface area contributed by atoms with Gasteiger partial charge in [-0.15, -0.1) is 0 Å². The second-order valence-electron chi connectivity index (χ2n) is 5.65. The predicted octanol–water partition coefficient (Wildman–Crippen LogP) is 2.78. The molecule has 7 heteroatoms. The van der Waals surface area contributed by atoms with Crippen LogP contribution >= 0.6 is 0 Å². The van der Waals surface area contributed by atoms with Crippen molar-refractivity contribution in [3.8, 4) is 0 Å². The van der Waals surface area contributed by atoms with Gasteiger partial charge in [-0.2, -0.15) is 0 Å². The minimum atomic E-state index is 0. The van der Waals surface area contributed by atoms with Crippen LogP contribution in [0.1, 0.15) is 79.1 Å². The van der Waals surface area contributed by atoms with Crippen molar-refractivity contribution in [3.63, 3.8) is 0 Å². The summed E-state index contributed by atoms with van der Waals surface area (Å²) >= 11 is 0. The fourth-order valence-electron chi connectivity index (χ4n) is 2.64. The first-order chi connectivity index (χ1) is 8.24. The summed E-state index contributed by atoms with van der Waals surface area (Å²) < 4.78 is 1.42. The Balaban J connectivity index is -0.0000000853. The Morgan fingerprint density at radius 3 is 0.783 bits per heavy atom. The Labute approximate surface area is 140 Å². The molecule has 0 saturated carbocycles. The van der Waals surface area contributed by atoms with E-state index in [4.69, 9.17) is 0 Å². The summed E-state index contributed by atoms with van der Waals surface area (Å²) in [6, 6.07) is 0. The van der Waals surface area contributed by atoms with E-state index in [0.29, 0.717) is 0 Å². The second-order valence-corrected chi connectivity index (χ2v) is 5.65. The Morgan fingerprint density at radius 1 is 0.478 bits per heavy atom. The average molecular weight is 359 g/mol. The lowest BCUT2D eigenvalue weighted by Gasteiger charge is -2.39. The van der Waals surface area contributed by atoms with Crippen molar-refractivity contribution >= 4 is 0 Å². The number of quaternary nitrogens is 1. The van der Waals surface area contributed by atoms with Crippen LogP contribution in [0.2, 0.25) is 0 Å². The first-order valence-corrected chi connectivity index (χ1v) is 8.09. The molecule has 0 aliphatic carbocycles. The molecular weight excluding hydrogens is 315 g/mol. The van der Waals surface area contributed by atoms with Crippen molar-refractivity contribution in [1.82, 2.24) is 6.15 Å². The number of hydrogen-bond acceptors (Lipinski definition) is 1. The summed E-state index contributed by atoms with van der Waals surface area (Å²) in [4.78, 5) is 0. The molecule has 0 atom stereocenters. The van der Waals surface area contributed by atoms with Crippen LogP contribution in [0, 0.1) is 0 Å². The van der Waals surface area contributed by atoms with E-state index in [0.717, 1.165) is 0 Å². The number of hydrogen-bond donors (Lipinski definition) is 1. The fraction of sp³-hybridized carbons (Fsp3) is 1.00. The quantitative estimate of drug-likeness (QED) is 0.423. The molecule has 0 amide bonds. The van der Waals surface area contributed by atoms with E-state index >= 15 is 0 Å². The molecule has 0 rings (SSSR count). The average Bonchev–Trinajstić information content (AvgIpc) is 2.37. The molecule has 2 nitrogen and oxygen atoms in total. The number of unbranched alkanes of at least 4 members (excludes halogenated alkanes) is 4. The van der Waals surface area contributed by atoms with Gasteiger partial charge in [-0.05, 0) is 25.7 Å². The second kappa shape index (κ2) is 29.6. The van der Waals surface area contributed by atoms with E-state index in [-0.39, 0.29) is 29.7 Å². The topological polar surface area (TPSA) is 35.0 Å². The van der Waals surface area contributed by atoms with E-state index in [1.54, 1.807) is 0 Å². The summed E-state index contributed by atoms with van der Waals surface area (Å²) in [5, 5.41) is 0. The molecular formula is C16H43F5N2. The van der Waals surface area contributed by atoms with Crippen LogP contribution in [0.15, 0.2) is 0 Å². The summed E-state index contributed by atoms with van der Waals surface area (Å²) in [7, 11) is 0. The lowest BCUT2D eigenvalue weighted by atomic mass is 10.1. The van der Waals surface area contributed by atoms with Gasteiger partial charge in [-0.25, -0.2) is 0 Å². The van der Waals surface area contributed by atoms with Crippen LogP contribution in [-0.4, -0.2) is 30.7 Å². The molecule has 0 fully saturated rings. The molecule has 0 aliphatic rings. The van der Waals surface area contributed by atoms with Crippen molar-refractivity contribution in [3.05, 3.63) is 0 Å². The van der Waals surface area contributed by atoms with E-state index in [1.807, 2.05) is 0 Å². The third-order valence-electron chi connectivity index (χ3n) is 3.94. The highest BCUT2D eigenvalue weighted by atomic mass is 19.0. The van der Waals surface area contributed by atoms with Crippen LogP contribution in [0.5, 0.6) is 0 Å². The zero-order valence-corrected chi connectivity index (χ0v) is 15.7. The van der Waals surface area contributed by atoms with Gasteiger partial charge in [0, 0.05) is 0 Å². The minimum Gasteiger partial charge on any atom is -1.00 e. The maximum atomic E-state index is 2.33.